The van der Waals surface area contributed by atoms with E-state index < -0.39 is 0 Å². The van der Waals surface area contributed by atoms with E-state index >= 15 is 0 Å². The lowest BCUT2D eigenvalue weighted by Crippen LogP contribution is -2.27. The van der Waals surface area contributed by atoms with Crippen LogP contribution in [0.1, 0.15) is 16.9 Å². The van der Waals surface area contributed by atoms with Gasteiger partial charge in [-0.2, -0.15) is 0 Å². The number of hydrogen-bond donors (Lipinski definition) is 1. The Kier molecular flexibility index (Phi) is 5.24. The van der Waals surface area contributed by atoms with Gasteiger partial charge in [0.1, 0.15) is 11.4 Å². The van der Waals surface area contributed by atoms with Gasteiger partial charge in [-0.05, 0) is 40.5 Å². The summed E-state index contributed by atoms with van der Waals surface area (Å²) in [5.74, 6) is 0.781. The number of para-hydroxylation sites is 1. The molecule has 0 aliphatic rings. The topological polar surface area (TPSA) is 43.3 Å². The van der Waals surface area contributed by atoms with Gasteiger partial charge in [-0.1, -0.05) is 18.2 Å². The monoisotopic (exact) mass is 336 g/mol. The maximum atomic E-state index is 11.9. The van der Waals surface area contributed by atoms with Crippen molar-refractivity contribution in [1.29, 1.82) is 0 Å². The molecule has 0 aliphatic heterocycles. The minimum Gasteiger partial charge on any atom is -0.494 e. The van der Waals surface area contributed by atoms with Crippen molar-refractivity contribution in [2.75, 3.05) is 13.2 Å². The first-order valence-electron chi connectivity index (χ1n) is 6.45. The largest absolute Gasteiger partial charge is 0.494 e. The zero-order valence-electron chi connectivity index (χ0n) is 11.3. The highest BCUT2D eigenvalue weighted by Gasteiger charge is 2.09. The minimum absolute atomic E-state index is 0.0714. The Morgan fingerprint density at radius 2 is 2.10 bits per heavy atom. The molecule has 1 aromatic carbocycles. The third kappa shape index (κ3) is 4.13. The van der Waals surface area contributed by atoms with E-state index in [1.807, 2.05) is 43.6 Å². The molecule has 2 rings (SSSR count). The van der Waals surface area contributed by atoms with Gasteiger partial charge in [0.2, 0.25) is 0 Å². The van der Waals surface area contributed by atoms with Gasteiger partial charge in [0.25, 0.3) is 5.91 Å². The molecule has 0 spiro atoms. The summed E-state index contributed by atoms with van der Waals surface area (Å²) >= 11 is 3.35. The summed E-state index contributed by atoms with van der Waals surface area (Å²) in [7, 11) is 1.85. The summed E-state index contributed by atoms with van der Waals surface area (Å²) in [5.41, 5.74) is 0.640. The van der Waals surface area contributed by atoms with Gasteiger partial charge in [-0.15, -0.1) is 0 Å². The molecule has 0 saturated heterocycles. The van der Waals surface area contributed by atoms with Crippen LogP contribution in [0.3, 0.4) is 0 Å². The first-order valence-corrected chi connectivity index (χ1v) is 7.24. The number of halogens is 1. The molecule has 0 radical (unpaired) electrons. The van der Waals surface area contributed by atoms with Crippen molar-refractivity contribution in [3.63, 3.8) is 0 Å². The summed E-state index contributed by atoms with van der Waals surface area (Å²) in [4.78, 5) is 11.9. The summed E-state index contributed by atoms with van der Waals surface area (Å²) in [6.07, 6.45) is 2.62. The van der Waals surface area contributed by atoms with Gasteiger partial charge in [-0.3, -0.25) is 4.79 Å². The maximum Gasteiger partial charge on any atom is 0.267 e. The van der Waals surface area contributed by atoms with E-state index in [-0.39, 0.29) is 5.91 Å². The average Bonchev–Trinajstić information content (AvgIpc) is 2.78. The lowest BCUT2D eigenvalue weighted by molar-refractivity contribution is 0.0943. The zero-order chi connectivity index (χ0) is 14.4. The fourth-order valence-corrected chi connectivity index (χ4v) is 2.35. The summed E-state index contributed by atoms with van der Waals surface area (Å²) in [6.45, 7) is 1.18. The minimum atomic E-state index is -0.0714. The summed E-state index contributed by atoms with van der Waals surface area (Å²) in [5, 5.41) is 2.88. The second-order valence-electron chi connectivity index (χ2n) is 4.43. The van der Waals surface area contributed by atoms with Crippen molar-refractivity contribution in [3.8, 4) is 5.75 Å². The molecule has 0 fully saturated rings. The smallest absolute Gasteiger partial charge is 0.267 e. The Labute approximate surface area is 126 Å². The number of nitrogens with zero attached hydrogens (tertiary/aromatic N) is 1. The summed E-state index contributed by atoms with van der Waals surface area (Å²) in [6, 6.07) is 11.5. The van der Waals surface area contributed by atoms with E-state index in [1.54, 1.807) is 10.6 Å². The molecule has 1 aromatic heterocycles. The highest BCUT2D eigenvalue weighted by Crippen LogP contribution is 2.13. The molecule has 2 aromatic rings. The van der Waals surface area contributed by atoms with Crippen LogP contribution in [0.25, 0.3) is 0 Å². The van der Waals surface area contributed by atoms with Crippen LogP contribution >= 0.6 is 15.9 Å². The second-order valence-corrected chi connectivity index (χ2v) is 5.34. The zero-order valence-corrected chi connectivity index (χ0v) is 12.9. The Bertz CT molecular complexity index is 567. The molecule has 0 unspecified atom stereocenters. The van der Waals surface area contributed by atoms with Crippen LogP contribution in [0.5, 0.6) is 5.75 Å². The third-order valence-electron chi connectivity index (χ3n) is 2.82. The first kappa shape index (κ1) is 14.7. The summed E-state index contributed by atoms with van der Waals surface area (Å²) < 4.78 is 8.25. The Morgan fingerprint density at radius 3 is 2.75 bits per heavy atom. The quantitative estimate of drug-likeness (QED) is 0.824. The predicted octanol–water partition coefficient (Wildman–Crippen LogP) is 2.99. The van der Waals surface area contributed by atoms with Crippen molar-refractivity contribution >= 4 is 21.8 Å². The number of rotatable bonds is 6. The lowest BCUT2D eigenvalue weighted by atomic mass is 10.3. The fraction of sp³-hybridized carbons (Fsp3) is 0.267. The molecule has 0 saturated carbocycles. The van der Waals surface area contributed by atoms with Crippen LogP contribution in [0, 0.1) is 0 Å². The normalized spacial score (nSPS) is 10.3. The Hall–Kier alpha value is -1.75. The van der Waals surface area contributed by atoms with E-state index in [4.69, 9.17) is 4.74 Å². The number of benzene rings is 1. The highest BCUT2D eigenvalue weighted by atomic mass is 79.9. The van der Waals surface area contributed by atoms with E-state index in [0.29, 0.717) is 18.8 Å². The Balaban J connectivity index is 1.68. The SMILES string of the molecule is Cn1cc(Br)cc1C(=O)NCCCOc1ccccc1. The van der Waals surface area contributed by atoms with E-state index in [9.17, 15) is 4.79 Å². The van der Waals surface area contributed by atoms with Gasteiger partial charge in [-0.25, -0.2) is 0 Å². The molecule has 5 heteroatoms. The van der Waals surface area contributed by atoms with Crippen molar-refractivity contribution < 1.29 is 9.53 Å². The molecular weight excluding hydrogens is 320 g/mol. The van der Waals surface area contributed by atoms with Crippen LogP contribution in [0.4, 0.5) is 0 Å². The highest BCUT2D eigenvalue weighted by molar-refractivity contribution is 9.10. The fourth-order valence-electron chi connectivity index (χ4n) is 1.82. The number of nitrogens with one attached hydrogen (secondary N) is 1. The maximum absolute atomic E-state index is 11.9. The van der Waals surface area contributed by atoms with Gasteiger partial charge >= 0.3 is 0 Å². The molecule has 0 aliphatic carbocycles. The average molecular weight is 337 g/mol. The van der Waals surface area contributed by atoms with Gasteiger partial charge in [0.05, 0.1) is 6.61 Å². The molecule has 1 amide bonds. The van der Waals surface area contributed by atoms with E-state index in [2.05, 4.69) is 21.2 Å². The molecule has 4 nitrogen and oxygen atoms in total. The number of carbonyl (C=O) groups excluding carboxylic acids is 1. The predicted molar refractivity (Wildman–Crippen MR) is 82.0 cm³/mol. The van der Waals surface area contributed by atoms with Gasteiger partial charge < -0.3 is 14.6 Å². The molecular formula is C15H17BrN2O2. The van der Waals surface area contributed by atoms with Crippen LogP contribution in [-0.4, -0.2) is 23.6 Å². The number of aromatic nitrogens is 1. The van der Waals surface area contributed by atoms with Crippen molar-refractivity contribution in [1.82, 2.24) is 9.88 Å². The third-order valence-corrected chi connectivity index (χ3v) is 3.26. The number of aryl methyl sites for hydroxylation is 1. The van der Waals surface area contributed by atoms with E-state index in [1.165, 1.54) is 0 Å². The van der Waals surface area contributed by atoms with Crippen molar-refractivity contribution in [2.24, 2.45) is 7.05 Å². The Morgan fingerprint density at radius 1 is 1.35 bits per heavy atom. The first-order chi connectivity index (χ1) is 9.66. The van der Waals surface area contributed by atoms with Crippen molar-refractivity contribution in [3.05, 3.63) is 52.8 Å². The molecule has 1 N–H and O–H groups in total. The number of carbonyl (C=O) groups is 1. The number of hydrogen-bond acceptors (Lipinski definition) is 2. The van der Waals surface area contributed by atoms with Crippen LogP contribution in [-0.2, 0) is 7.05 Å². The number of amides is 1. The number of ether oxygens (including phenoxy) is 1. The molecule has 1 heterocycles. The van der Waals surface area contributed by atoms with Gasteiger partial charge in [0, 0.05) is 24.3 Å². The molecule has 20 heavy (non-hydrogen) atoms. The van der Waals surface area contributed by atoms with Crippen molar-refractivity contribution in [2.45, 2.75) is 6.42 Å². The molecule has 0 atom stereocenters. The standard InChI is InChI=1S/C15H17BrN2O2/c1-18-11-12(16)10-14(18)15(19)17-8-5-9-20-13-6-3-2-4-7-13/h2-4,6-7,10-11H,5,8-9H2,1H3,(H,17,19). The second kappa shape index (κ2) is 7.14. The van der Waals surface area contributed by atoms with Crippen LogP contribution in [0.2, 0.25) is 0 Å². The van der Waals surface area contributed by atoms with Gasteiger partial charge in [0.15, 0.2) is 0 Å². The van der Waals surface area contributed by atoms with Crippen LogP contribution < -0.4 is 10.1 Å². The molecule has 0 bridgehead atoms. The molecule has 106 valence electrons. The lowest BCUT2D eigenvalue weighted by Gasteiger charge is -2.07. The van der Waals surface area contributed by atoms with Crippen LogP contribution in [0.15, 0.2) is 47.1 Å². The van der Waals surface area contributed by atoms with E-state index in [0.717, 1.165) is 16.6 Å².